The van der Waals surface area contributed by atoms with Crippen LogP contribution in [0.5, 0.6) is 0 Å². The molecular formula is C6H4F3IN2O2. The van der Waals surface area contributed by atoms with Crippen LogP contribution in [-0.2, 0) is 6.54 Å². The van der Waals surface area contributed by atoms with Crippen LogP contribution in [0.1, 0.15) is 10.4 Å². The lowest BCUT2D eigenvalue weighted by atomic mass is 10.4. The molecule has 0 aliphatic heterocycles. The van der Waals surface area contributed by atoms with Crippen molar-refractivity contribution in [3.05, 3.63) is 15.5 Å². The predicted molar refractivity (Wildman–Crippen MR) is 48.0 cm³/mol. The van der Waals surface area contributed by atoms with Crippen LogP contribution in [-0.4, -0.2) is 27.0 Å². The van der Waals surface area contributed by atoms with Crippen molar-refractivity contribution >= 4 is 28.6 Å². The number of hydrogen-bond acceptors (Lipinski definition) is 2. The van der Waals surface area contributed by atoms with E-state index in [0.29, 0.717) is 4.68 Å². The van der Waals surface area contributed by atoms with Gasteiger partial charge in [-0.2, -0.15) is 18.3 Å². The maximum atomic E-state index is 11.9. The molecule has 78 valence electrons. The lowest BCUT2D eigenvalue weighted by molar-refractivity contribution is -0.142. The highest BCUT2D eigenvalue weighted by Gasteiger charge is 2.29. The summed E-state index contributed by atoms with van der Waals surface area (Å²) in [4.78, 5) is 10.5. The maximum Gasteiger partial charge on any atom is 0.408 e. The van der Waals surface area contributed by atoms with Gasteiger partial charge in [-0.25, -0.2) is 4.79 Å². The van der Waals surface area contributed by atoms with E-state index < -0.39 is 18.7 Å². The van der Waals surface area contributed by atoms with Crippen LogP contribution in [0.4, 0.5) is 13.2 Å². The van der Waals surface area contributed by atoms with Crippen molar-refractivity contribution in [1.82, 2.24) is 9.78 Å². The number of alkyl halides is 3. The Hall–Kier alpha value is -0.800. The van der Waals surface area contributed by atoms with Crippen LogP contribution in [0.2, 0.25) is 0 Å². The fraction of sp³-hybridized carbons (Fsp3) is 0.333. The molecule has 0 fully saturated rings. The summed E-state index contributed by atoms with van der Waals surface area (Å²) in [6.45, 7) is -1.28. The quantitative estimate of drug-likeness (QED) is 0.845. The molecule has 1 N–H and O–H groups in total. The van der Waals surface area contributed by atoms with E-state index in [1.54, 1.807) is 22.6 Å². The fourth-order valence-corrected chi connectivity index (χ4v) is 1.45. The van der Waals surface area contributed by atoms with Gasteiger partial charge in [-0.1, -0.05) is 0 Å². The van der Waals surface area contributed by atoms with Crippen molar-refractivity contribution in [2.45, 2.75) is 12.7 Å². The van der Waals surface area contributed by atoms with Crippen molar-refractivity contribution in [1.29, 1.82) is 0 Å². The molecule has 0 unspecified atom stereocenters. The first kappa shape index (κ1) is 11.3. The van der Waals surface area contributed by atoms with Gasteiger partial charge in [0.05, 0.1) is 0 Å². The van der Waals surface area contributed by atoms with Crippen LogP contribution < -0.4 is 0 Å². The first-order valence-electron chi connectivity index (χ1n) is 3.32. The highest BCUT2D eigenvalue weighted by atomic mass is 127. The van der Waals surface area contributed by atoms with Gasteiger partial charge in [0.15, 0.2) is 0 Å². The first-order chi connectivity index (χ1) is 6.29. The Kier molecular flexibility index (Phi) is 3.02. The summed E-state index contributed by atoms with van der Waals surface area (Å²) in [6, 6.07) is 0. The third kappa shape index (κ3) is 2.86. The number of nitrogens with zero attached hydrogens (tertiary/aromatic N) is 2. The Morgan fingerprint density at radius 3 is 2.57 bits per heavy atom. The third-order valence-corrected chi connectivity index (χ3v) is 2.09. The minimum Gasteiger partial charge on any atom is -0.478 e. The number of aromatic nitrogens is 2. The standard InChI is InChI=1S/C6H4F3IN2O2/c7-6(8,9)2-12-1-3(5(13)14)4(10)11-12/h1H,2H2,(H,13,14). The van der Waals surface area contributed by atoms with Crippen molar-refractivity contribution in [3.8, 4) is 0 Å². The maximum absolute atomic E-state index is 11.9. The summed E-state index contributed by atoms with van der Waals surface area (Å²) in [6.07, 6.45) is -3.54. The Balaban J connectivity index is 2.92. The Labute approximate surface area is 89.8 Å². The Morgan fingerprint density at radius 1 is 1.64 bits per heavy atom. The summed E-state index contributed by atoms with van der Waals surface area (Å²) in [5, 5.41) is 12.0. The normalized spacial score (nSPS) is 11.7. The lowest BCUT2D eigenvalue weighted by Gasteiger charge is -2.04. The number of carbonyl (C=O) groups is 1. The average Bonchev–Trinajstić information content (AvgIpc) is 2.26. The Bertz CT molecular complexity index is 360. The van der Waals surface area contributed by atoms with E-state index in [1.165, 1.54) is 0 Å². The van der Waals surface area contributed by atoms with E-state index >= 15 is 0 Å². The van der Waals surface area contributed by atoms with Crippen LogP contribution in [0, 0.1) is 3.70 Å². The van der Waals surface area contributed by atoms with E-state index in [-0.39, 0.29) is 9.26 Å². The molecule has 0 aromatic carbocycles. The molecule has 0 aliphatic rings. The van der Waals surface area contributed by atoms with E-state index in [1.807, 2.05) is 0 Å². The second-order valence-electron chi connectivity index (χ2n) is 2.45. The minimum absolute atomic E-state index is 0.0411. The van der Waals surface area contributed by atoms with Gasteiger partial charge < -0.3 is 5.11 Å². The second kappa shape index (κ2) is 3.75. The number of carboxylic acid groups (broad SMARTS) is 1. The topological polar surface area (TPSA) is 55.1 Å². The lowest BCUT2D eigenvalue weighted by Crippen LogP contribution is -2.18. The van der Waals surface area contributed by atoms with Crippen molar-refractivity contribution in [3.63, 3.8) is 0 Å². The van der Waals surface area contributed by atoms with Gasteiger partial charge in [-0.05, 0) is 22.6 Å². The van der Waals surface area contributed by atoms with Crippen LogP contribution in [0.25, 0.3) is 0 Å². The first-order valence-corrected chi connectivity index (χ1v) is 4.40. The second-order valence-corrected chi connectivity index (χ2v) is 3.47. The van der Waals surface area contributed by atoms with Crippen molar-refractivity contribution in [2.75, 3.05) is 0 Å². The zero-order valence-electron chi connectivity index (χ0n) is 6.55. The molecule has 0 saturated heterocycles. The third-order valence-electron chi connectivity index (χ3n) is 1.29. The summed E-state index contributed by atoms with van der Waals surface area (Å²) < 4.78 is 36.2. The zero-order chi connectivity index (χ0) is 10.9. The molecule has 0 saturated carbocycles. The van der Waals surface area contributed by atoms with Gasteiger partial charge in [0.25, 0.3) is 0 Å². The number of hydrogen-bond donors (Lipinski definition) is 1. The van der Waals surface area contributed by atoms with Gasteiger partial charge in [0.2, 0.25) is 0 Å². The highest BCUT2D eigenvalue weighted by Crippen LogP contribution is 2.18. The van der Waals surface area contributed by atoms with Crippen molar-refractivity contribution < 1.29 is 23.1 Å². The summed E-state index contributed by atoms with van der Waals surface area (Å²) in [5.41, 5.74) is -0.227. The number of halogens is 4. The molecule has 0 radical (unpaired) electrons. The summed E-state index contributed by atoms with van der Waals surface area (Å²) in [7, 11) is 0. The van der Waals surface area contributed by atoms with Crippen LogP contribution in [0.3, 0.4) is 0 Å². The van der Waals surface area contributed by atoms with E-state index in [2.05, 4.69) is 5.10 Å². The molecule has 8 heteroatoms. The molecule has 0 bridgehead atoms. The number of aromatic carboxylic acids is 1. The van der Waals surface area contributed by atoms with Crippen LogP contribution >= 0.6 is 22.6 Å². The Morgan fingerprint density at radius 2 is 2.21 bits per heavy atom. The van der Waals surface area contributed by atoms with Crippen molar-refractivity contribution in [2.24, 2.45) is 0 Å². The summed E-state index contributed by atoms with van der Waals surface area (Å²) >= 11 is 1.57. The molecular weight excluding hydrogens is 316 g/mol. The summed E-state index contributed by atoms with van der Waals surface area (Å²) in [5.74, 6) is -1.29. The van der Waals surface area contributed by atoms with Gasteiger partial charge in [-0.3, -0.25) is 4.68 Å². The molecule has 1 aromatic rings. The molecule has 0 spiro atoms. The molecule has 1 aromatic heterocycles. The SMILES string of the molecule is O=C(O)c1cn(CC(F)(F)F)nc1I. The molecule has 14 heavy (non-hydrogen) atoms. The van der Waals surface area contributed by atoms with Gasteiger partial charge in [0.1, 0.15) is 15.8 Å². The van der Waals surface area contributed by atoms with Crippen LogP contribution in [0.15, 0.2) is 6.20 Å². The molecule has 1 heterocycles. The zero-order valence-corrected chi connectivity index (χ0v) is 8.70. The van der Waals surface area contributed by atoms with Gasteiger partial charge in [0, 0.05) is 6.20 Å². The predicted octanol–water partition coefficient (Wildman–Crippen LogP) is 1.75. The van der Waals surface area contributed by atoms with E-state index in [4.69, 9.17) is 5.11 Å². The fourth-order valence-electron chi connectivity index (χ4n) is 0.806. The number of carboxylic acids is 1. The smallest absolute Gasteiger partial charge is 0.408 e. The van der Waals surface area contributed by atoms with E-state index in [9.17, 15) is 18.0 Å². The van der Waals surface area contributed by atoms with Gasteiger partial charge in [-0.15, -0.1) is 0 Å². The molecule has 0 atom stereocenters. The molecule has 4 nitrogen and oxygen atoms in total. The highest BCUT2D eigenvalue weighted by molar-refractivity contribution is 14.1. The van der Waals surface area contributed by atoms with E-state index in [0.717, 1.165) is 6.20 Å². The largest absolute Gasteiger partial charge is 0.478 e. The average molecular weight is 320 g/mol. The van der Waals surface area contributed by atoms with Gasteiger partial charge >= 0.3 is 12.1 Å². The monoisotopic (exact) mass is 320 g/mol. The molecule has 0 aliphatic carbocycles. The minimum atomic E-state index is -4.40. The number of rotatable bonds is 2. The molecule has 1 rings (SSSR count). The molecule has 0 amide bonds.